The van der Waals surface area contributed by atoms with Gasteiger partial charge in [0.05, 0.1) is 0 Å². The Morgan fingerprint density at radius 2 is 2.00 bits per heavy atom. The molecule has 1 aromatic carbocycles. The van der Waals surface area contributed by atoms with Crippen molar-refractivity contribution in [2.75, 3.05) is 12.3 Å². The van der Waals surface area contributed by atoms with Gasteiger partial charge in [-0.25, -0.2) is 8.78 Å². The summed E-state index contributed by atoms with van der Waals surface area (Å²) in [4.78, 5) is 0. The summed E-state index contributed by atoms with van der Waals surface area (Å²) in [5.74, 6) is -0.887. The van der Waals surface area contributed by atoms with Gasteiger partial charge < -0.3 is 5.32 Å². The first kappa shape index (κ1) is 12.6. The Labute approximate surface area is 102 Å². The molecule has 1 aromatic rings. The van der Waals surface area contributed by atoms with Crippen molar-refractivity contribution in [3.05, 3.63) is 35.4 Å². The average Bonchev–Trinajstić information content (AvgIpc) is 2.42. The standard InChI is InChI=1S/C12H15F2NOS/c1-8-5-6-15-11(7-17(8)16)12-9(13)3-2-4-10(12)14/h2-4,8,11,15H,5-7H2,1H3. The molecular weight excluding hydrogens is 244 g/mol. The van der Waals surface area contributed by atoms with Gasteiger partial charge in [0, 0.05) is 33.4 Å². The van der Waals surface area contributed by atoms with Crippen molar-refractivity contribution in [3.63, 3.8) is 0 Å². The molecule has 0 amide bonds. The van der Waals surface area contributed by atoms with E-state index in [4.69, 9.17) is 0 Å². The maximum absolute atomic E-state index is 13.6. The molecule has 1 saturated heterocycles. The van der Waals surface area contributed by atoms with Gasteiger partial charge in [0.2, 0.25) is 0 Å². The molecule has 1 aliphatic rings. The first-order chi connectivity index (χ1) is 8.09. The van der Waals surface area contributed by atoms with Crippen LogP contribution < -0.4 is 5.32 Å². The molecule has 94 valence electrons. The number of hydrogen-bond donors (Lipinski definition) is 1. The number of halogens is 2. The summed E-state index contributed by atoms with van der Waals surface area (Å²) >= 11 is 0. The van der Waals surface area contributed by atoms with E-state index >= 15 is 0 Å². The lowest BCUT2D eigenvalue weighted by molar-refractivity contribution is 0.493. The zero-order valence-electron chi connectivity index (χ0n) is 9.58. The van der Waals surface area contributed by atoms with Gasteiger partial charge in [-0.1, -0.05) is 13.0 Å². The molecule has 0 bridgehead atoms. The van der Waals surface area contributed by atoms with E-state index in [0.29, 0.717) is 6.54 Å². The molecule has 1 fully saturated rings. The monoisotopic (exact) mass is 259 g/mol. The second-order valence-electron chi connectivity index (χ2n) is 4.29. The second kappa shape index (κ2) is 5.23. The van der Waals surface area contributed by atoms with Crippen LogP contribution in [0.25, 0.3) is 0 Å². The van der Waals surface area contributed by atoms with Crippen molar-refractivity contribution in [2.24, 2.45) is 0 Å². The smallest absolute Gasteiger partial charge is 0.130 e. The van der Waals surface area contributed by atoms with Crippen LogP contribution in [0.15, 0.2) is 18.2 Å². The third kappa shape index (κ3) is 2.72. The predicted octanol–water partition coefficient (Wildman–Crippen LogP) is 2.14. The molecule has 1 heterocycles. The number of hydrogen-bond acceptors (Lipinski definition) is 2. The fourth-order valence-electron chi connectivity index (χ4n) is 2.01. The summed E-state index contributed by atoms with van der Waals surface area (Å²) in [5, 5.41) is 3.14. The lowest BCUT2D eigenvalue weighted by atomic mass is 10.1. The highest BCUT2D eigenvalue weighted by atomic mass is 32.2. The van der Waals surface area contributed by atoms with Gasteiger partial charge in [-0.15, -0.1) is 0 Å². The molecule has 5 heteroatoms. The van der Waals surface area contributed by atoms with E-state index in [9.17, 15) is 13.0 Å². The van der Waals surface area contributed by atoms with Crippen molar-refractivity contribution >= 4 is 10.8 Å². The molecule has 0 aromatic heterocycles. The summed E-state index contributed by atoms with van der Waals surface area (Å²) in [7, 11) is -1.05. The van der Waals surface area contributed by atoms with Crippen LogP contribution in [0.5, 0.6) is 0 Å². The number of nitrogens with one attached hydrogen (secondary N) is 1. The van der Waals surface area contributed by atoms with E-state index in [2.05, 4.69) is 5.32 Å². The van der Waals surface area contributed by atoms with Crippen molar-refractivity contribution < 1.29 is 13.0 Å². The van der Waals surface area contributed by atoms with E-state index < -0.39 is 28.5 Å². The minimum atomic E-state index is -1.05. The van der Waals surface area contributed by atoms with Gasteiger partial charge in [0.25, 0.3) is 0 Å². The van der Waals surface area contributed by atoms with Crippen LogP contribution in [0.1, 0.15) is 24.9 Å². The Balaban J connectivity index is 2.30. The Kier molecular flexibility index (Phi) is 3.89. The Hall–Kier alpha value is -0.810. The maximum atomic E-state index is 13.6. The quantitative estimate of drug-likeness (QED) is 0.837. The van der Waals surface area contributed by atoms with E-state index in [1.54, 1.807) is 0 Å². The van der Waals surface area contributed by atoms with Gasteiger partial charge in [-0.3, -0.25) is 4.21 Å². The van der Waals surface area contributed by atoms with Crippen LogP contribution in [0.3, 0.4) is 0 Å². The van der Waals surface area contributed by atoms with E-state index in [-0.39, 0.29) is 16.6 Å². The van der Waals surface area contributed by atoms with Gasteiger partial charge in [0.1, 0.15) is 11.6 Å². The molecule has 17 heavy (non-hydrogen) atoms. The maximum Gasteiger partial charge on any atom is 0.130 e. The Morgan fingerprint density at radius 1 is 1.35 bits per heavy atom. The van der Waals surface area contributed by atoms with Crippen LogP contribution in [0, 0.1) is 11.6 Å². The van der Waals surface area contributed by atoms with Crippen LogP contribution in [-0.4, -0.2) is 21.8 Å². The van der Waals surface area contributed by atoms with Crippen LogP contribution in [0.2, 0.25) is 0 Å². The molecule has 2 nitrogen and oxygen atoms in total. The molecule has 1 aliphatic heterocycles. The van der Waals surface area contributed by atoms with Crippen molar-refractivity contribution in [2.45, 2.75) is 24.6 Å². The predicted molar refractivity (Wildman–Crippen MR) is 64.2 cm³/mol. The highest BCUT2D eigenvalue weighted by Gasteiger charge is 2.26. The van der Waals surface area contributed by atoms with Gasteiger partial charge in [-0.05, 0) is 25.1 Å². The third-order valence-electron chi connectivity index (χ3n) is 3.07. The number of rotatable bonds is 1. The molecule has 2 rings (SSSR count). The minimum absolute atomic E-state index is 0.00921. The van der Waals surface area contributed by atoms with Crippen LogP contribution in [-0.2, 0) is 10.8 Å². The minimum Gasteiger partial charge on any atom is -0.309 e. The fraction of sp³-hybridized carbons (Fsp3) is 0.500. The fourth-order valence-corrected chi connectivity index (χ4v) is 3.33. The molecule has 0 saturated carbocycles. The Morgan fingerprint density at radius 3 is 2.65 bits per heavy atom. The van der Waals surface area contributed by atoms with Crippen molar-refractivity contribution in [3.8, 4) is 0 Å². The first-order valence-electron chi connectivity index (χ1n) is 5.64. The van der Waals surface area contributed by atoms with Gasteiger partial charge in [-0.2, -0.15) is 0 Å². The zero-order chi connectivity index (χ0) is 12.4. The Bertz CT molecular complexity index is 418. The second-order valence-corrected chi connectivity index (χ2v) is 6.19. The lowest BCUT2D eigenvalue weighted by Gasteiger charge is -2.17. The summed E-state index contributed by atoms with van der Waals surface area (Å²) in [5.41, 5.74) is 0.00921. The summed E-state index contributed by atoms with van der Waals surface area (Å²) in [6.45, 7) is 2.53. The van der Waals surface area contributed by atoms with E-state index in [1.807, 2.05) is 6.92 Å². The molecule has 3 unspecified atom stereocenters. The first-order valence-corrected chi connectivity index (χ1v) is 7.02. The van der Waals surface area contributed by atoms with E-state index in [0.717, 1.165) is 6.42 Å². The molecular formula is C12H15F2NOS. The number of benzene rings is 1. The summed E-state index contributed by atoms with van der Waals surface area (Å²) < 4.78 is 39.1. The SMILES string of the molecule is CC1CCNC(c2c(F)cccc2F)CS1=O. The molecule has 0 aliphatic carbocycles. The highest BCUT2D eigenvalue weighted by Crippen LogP contribution is 2.24. The van der Waals surface area contributed by atoms with E-state index in [1.165, 1.54) is 18.2 Å². The van der Waals surface area contributed by atoms with Gasteiger partial charge in [0.15, 0.2) is 0 Å². The lowest BCUT2D eigenvalue weighted by Crippen LogP contribution is -2.26. The van der Waals surface area contributed by atoms with Crippen LogP contribution in [0.4, 0.5) is 8.78 Å². The zero-order valence-corrected chi connectivity index (χ0v) is 10.4. The molecule has 0 radical (unpaired) electrons. The van der Waals surface area contributed by atoms with Crippen molar-refractivity contribution in [1.29, 1.82) is 0 Å². The summed E-state index contributed by atoms with van der Waals surface area (Å²) in [6, 6.07) is 3.31. The topological polar surface area (TPSA) is 29.1 Å². The largest absolute Gasteiger partial charge is 0.309 e. The molecule has 0 spiro atoms. The third-order valence-corrected chi connectivity index (χ3v) is 4.86. The average molecular weight is 259 g/mol. The van der Waals surface area contributed by atoms with Crippen molar-refractivity contribution in [1.82, 2.24) is 5.32 Å². The highest BCUT2D eigenvalue weighted by molar-refractivity contribution is 7.85. The molecule has 1 N–H and O–H groups in total. The van der Waals surface area contributed by atoms with Gasteiger partial charge >= 0.3 is 0 Å². The summed E-state index contributed by atoms with van der Waals surface area (Å²) in [6.07, 6.45) is 0.763. The van der Waals surface area contributed by atoms with Crippen LogP contribution >= 0.6 is 0 Å². The normalized spacial score (nSPS) is 29.9. The molecule has 3 atom stereocenters.